The molecule has 0 heterocycles. The van der Waals surface area contributed by atoms with Gasteiger partial charge in [0, 0.05) is 17.4 Å². The van der Waals surface area contributed by atoms with E-state index in [0.29, 0.717) is 0 Å². The Morgan fingerprint density at radius 1 is 1.06 bits per heavy atom. The molecule has 0 spiro atoms. The Labute approximate surface area is 150 Å². The first-order chi connectivity index (χ1) is 5.91. The van der Waals surface area contributed by atoms with Crippen molar-refractivity contribution in [3.63, 3.8) is 0 Å². The summed E-state index contributed by atoms with van der Waals surface area (Å²) in [6.07, 6.45) is -7.84. The zero-order valence-electron chi connectivity index (χ0n) is 9.13. The molecule has 11 heteroatoms. The molecule has 0 saturated carbocycles. The first kappa shape index (κ1) is 31.0. The molecule has 0 aliphatic heterocycles. The number of rotatable bonds is 5. The number of hydrogen-bond donors (Lipinski definition) is 6. The molecule has 3 radical (unpaired) electrons. The zero-order chi connectivity index (χ0) is 10.6. The van der Waals surface area contributed by atoms with E-state index >= 15 is 0 Å². The predicted octanol–water partition coefficient (Wildman–Crippen LogP) is -7.87. The van der Waals surface area contributed by atoms with Crippen molar-refractivity contribution in [3.8, 4) is 0 Å². The van der Waals surface area contributed by atoms with Crippen LogP contribution < -0.4 is 51.4 Å². The van der Waals surface area contributed by atoms with E-state index in [1.54, 1.807) is 0 Å². The van der Waals surface area contributed by atoms with Gasteiger partial charge in [-0.1, -0.05) is 0 Å². The average Bonchev–Trinajstić information content (AvgIpc) is 2.12. The third-order valence-corrected chi connectivity index (χ3v) is 1.51. The summed E-state index contributed by atoms with van der Waals surface area (Å²) in [7, 11) is 0. The summed E-state index contributed by atoms with van der Waals surface area (Å²) in [6.45, 7) is -0.843. The van der Waals surface area contributed by atoms with Gasteiger partial charge in [-0.05, 0) is 0 Å². The summed E-state index contributed by atoms with van der Waals surface area (Å²) in [5.41, 5.74) is 0. The summed E-state index contributed by atoms with van der Waals surface area (Å²) in [6, 6.07) is 0. The topological polar surface area (TPSA) is 200 Å². The fourth-order valence-corrected chi connectivity index (χ4v) is 0.668. The van der Waals surface area contributed by atoms with E-state index in [1.165, 1.54) is 0 Å². The first-order valence-corrected chi connectivity index (χ1v) is 3.47. The van der Waals surface area contributed by atoms with Crippen molar-refractivity contribution >= 4 is 23.3 Å². The molecule has 0 rings (SSSR count). The molecule has 17 heavy (non-hydrogen) atoms. The average molecular weight is 297 g/mol. The smallest absolute Gasteiger partial charge is 0.870 e. The minimum atomic E-state index is -2.20. The molecule has 9 N–H and O–H groups in total. The number of hydrogen-bond acceptors (Lipinski definition) is 7. The fourth-order valence-electron chi connectivity index (χ4n) is 0.668. The number of carboxylic acids is 1. The predicted molar refractivity (Wildman–Crippen MR) is 50.1 cm³/mol. The zero-order valence-corrected chi connectivity index (χ0v) is 13.4. The number of aliphatic carboxylic acids is 1. The molecule has 0 fully saturated rings. The second-order valence-electron chi connectivity index (χ2n) is 2.51. The second-order valence-corrected chi connectivity index (χ2v) is 2.51. The van der Waals surface area contributed by atoms with Crippen LogP contribution in [0, 0.1) is 0 Å². The van der Waals surface area contributed by atoms with Gasteiger partial charge >= 0.3 is 57.4 Å². The van der Waals surface area contributed by atoms with Crippen molar-refractivity contribution in [2.45, 2.75) is 24.4 Å². The maximum atomic E-state index is 10.1. The van der Waals surface area contributed by atoms with Crippen molar-refractivity contribution in [1.29, 1.82) is 0 Å². The van der Waals surface area contributed by atoms with Crippen LogP contribution in [0.15, 0.2) is 0 Å². The van der Waals surface area contributed by atoms with Crippen molar-refractivity contribution in [2.24, 2.45) is 0 Å². The summed E-state index contributed by atoms with van der Waals surface area (Å²) < 4.78 is 0. The van der Waals surface area contributed by atoms with E-state index in [9.17, 15) is 4.79 Å². The third kappa shape index (κ3) is 10.9. The van der Waals surface area contributed by atoms with Crippen LogP contribution in [0.25, 0.3) is 0 Å². The summed E-state index contributed by atoms with van der Waals surface area (Å²) in [4.78, 5) is 10.1. The van der Waals surface area contributed by atoms with Crippen LogP contribution in [-0.4, -0.2) is 95.9 Å². The van der Waals surface area contributed by atoms with E-state index in [-0.39, 0.29) is 79.7 Å². The number of aliphatic hydroxyl groups excluding tert-OH is 5. The fraction of sp³-hybridized carbons (Fsp3) is 0.833. The van der Waals surface area contributed by atoms with Crippen LogP contribution in [0.3, 0.4) is 0 Å². The van der Waals surface area contributed by atoms with Gasteiger partial charge in [-0.2, -0.15) is 0 Å². The Hall–Kier alpha value is 1.36. The Kier molecular flexibility index (Phi) is 28.1. The van der Waals surface area contributed by atoms with Crippen molar-refractivity contribution in [1.82, 2.24) is 0 Å². The van der Waals surface area contributed by atoms with E-state index in [4.69, 9.17) is 30.6 Å². The van der Waals surface area contributed by atoms with Crippen LogP contribution in [0.5, 0.6) is 0 Å². The molecule has 0 amide bonds. The van der Waals surface area contributed by atoms with Gasteiger partial charge in [0.05, 0.1) is 6.61 Å². The van der Waals surface area contributed by atoms with Gasteiger partial charge in [0.15, 0.2) is 6.10 Å². The standard InChI is InChI=1S/C6H12O7.Al.K.2H2O/c7-1-2(8)3(9)4(10)5(11)6(12)13;;;;/h2-5,7-11H,1H2,(H,12,13);;;2*1H2/q;;+1;;/p-1. The van der Waals surface area contributed by atoms with Crippen LogP contribution in [0.1, 0.15) is 0 Å². The second kappa shape index (κ2) is 15.4. The Morgan fingerprint density at radius 2 is 1.41 bits per heavy atom. The Balaban J connectivity index is -0.000000120. The number of carbonyl (C=O) groups is 1. The summed E-state index contributed by atoms with van der Waals surface area (Å²) >= 11 is 0. The molecule has 9 nitrogen and oxygen atoms in total. The molecule has 0 aliphatic carbocycles. The molecule has 0 bridgehead atoms. The minimum absolute atomic E-state index is 0. The van der Waals surface area contributed by atoms with Gasteiger partial charge in [-0.15, -0.1) is 0 Å². The van der Waals surface area contributed by atoms with Crippen LogP contribution in [-0.2, 0) is 4.79 Å². The molecular weight excluding hydrogens is 282 g/mol. The Bertz CT molecular complexity index is 183. The SMILES string of the molecule is O.O=C(O)C(O)C(O)C(O)C(O)CO.[Al].[K+].[OH-]. The van der Waals surface area contributed by atoms with Gasteiger partial charge in [0.25, 0.3) is 0 Å². The van der Waals surface area contributed by atoms with Crippen LogP contribution in [0.4, 0.5) is 0 Å². The molecule has 0 saturated heterocycles. The van der Waals surface area contributed by atoms with Crippen LogP contribution >= 0.6 is 0 Å². The molecule has 97 valence electrons. The van der Waals surface area contributed by atoms with E-state index in [2.05, 4.69) is 0 Å². The molecule has 0 aromatic rings. The number of aliphatic hydroxyl groups is 5. The molecule has 4 unspecified atom stereocenters. The largest absolute Gasteiger partial charge is 1.00 e. The van der Waals surface area contributed by atoms with Gasteiger partial charge in [-0.3, -0.25) is 0 Å². The van der Waals surface area contributed by atoms with Gasteiger partial charge in [0.1, 0.15) is 18.3 Å². The summed E-state index contributed by atoms with van der Waals surface area (Å²) in [5.74, 6) is -1.73. The first-order valence-electron chi connectivity index (χ1n) is 3.47. The van der Waals surface area contributed by atoms with E-state index in [1.807, 2.05) is 0 Å². The summed E-state index contributed by atoms with van der Waals surface area (Å²) in [5, 5.41) is 51.8. The van der Waals surface area contributed by atoms with Crippen molar-refractivity contribution in [3.05, 3.63) is 0 Å². The monoisotopic (exact) mass is 297 g/mol. The third-order valence-electron chi connectivity index (χ3n) is 1.51. The van der Waals surface area contributed by atoms with Crippen molar-refractivity contribution < 1.29 is 97.8 Å². The molecule has 4 atom stereocenters. The molecule has 0 aromatic heterocycles. The Morgan fingerprint density at radius 3 is 1.65 bits per heavy atom. The maximum Gasteiger partial charge on any atom is 1.00 e. The quantitative estimate of drug-likeness (QED) is 0.268. The molecule has 0 aliphatic rings. The molecular formula is C6H15AlKO9. The maximum absolute atomic E-state index is 10.1. The van der Waals surface area contributed by atoms with E-state index < -0.39 is 37.0 Å². The van der Waals surface area contributed by atoms with E-state index in [0.717, 1.165) is 0 Å². The van der Waals surface area contributed by atoms with Gasteiger partial charge in [-0.25, -0.2) is 4.79 Å². The van der Waals surface area contributed by atoms with Gasteiger partial charge in [0.2, 0.25) is 0 Å². The minimum Gasteiger partial charge on any atom is -0.870 e. The molecule has 0 aromatic carbocycles. The number of carboxylic acid groups (broad SMARTS) is 1. The normalized spacial score (nSPS) is 15.6. The van der Waals surface area contributed by atoms with Crippen molar-refractivity contribution in [2.75, 3.05) is 6.61 Å². The van der Waals surface area contributed by atoms with Gasteiger partial charge < -0.3 is 41.6 Å². The van der Waals surface area contributed by atoms with Crippen LogP contribution in [0.2, 0.25) is 0 Å².